The van der Waals surface area contributed by atoms with E-state index in [1.165, 1.54) is 0 Å². The smallest absolute Gasteiger partial charge is 0.309 e. The Morgan fingerprint density at radius 2 is 1.79 bits per heavy atom. The average molecular weight is 402 g/mol. The van der Waals surface area contributed by atoms with E-state index in [1.807, 2.05) is 31.2 Å². The number of aryl methyl sites for hydroxylation is 1. The fourth-order valence-electron chi connectivity index (χ4n) is 3.22. The van der Waals surface area contributed by atoms with Gasteiger partial charge in [-0.2, -0.15) is 0 Å². The zero-order chi connectivity index (χ0) is 19.9. The SMILES string of the molecule is Cc1cccc(OCCOC(=O)C2CCN(C(=O)c3ccc(Cl)cc3)CC2)c1. The van der Waals surface area contributed by atoms with Gasteiger partial charge in [-0.25, -0.2) is 0 Å². The van der Waals surface area contributed by atoms with Crippen LogP contribution in [0.5, 0.6) is 5.75 Å². The van der Waals surface area contributed by atoms with Crippen LogP contribution in [0.2, 0.25) is 5.02 Å². The highest BCUT2D eigenvalue weighted by molar-refractivity contribution is 6.30. The summed E-state index contributed by atoms with van der Waals surface area (Å²) >= 11 is 5.86. The molecule has 1 amide bonds. The summed E-state index contributed by atoms with van der Waals surface area (Å²) in [6, 6.07) is 14.6. The molecule has 28 heavy (non-hydrogen) atoms. The first-order chi connectivity index (χ1) is 13.5. The zero-order valence-corrected chi connectivity index (χ0v) is 16.7. The number of likely N-dealkylation sites (tertiary alicyclic amines) is 1. The minimum absolute atomic E-state index is 0.0324. The van der Waals surface area contributed by atoms with Crippen LogP contribution < -0.4 is 4.74 Å². The zero-order valence-electron chi connectivity index (χ0n) is 15.9. The molecule has 0 aromatic heterocycles. The highest BCUT2D eigenvalue weighted by atomic mass is 35.5. The molecule has 1 saturated heterocycles. The fourth-order valence-corrected chi connectivity index (χ4v) is 3.34. The molecule has 1 aliphatic rings. The maximum absolute atomic E-state index is 12.5. The maximum Gasteiger partial charge on any atom is 0.309 e. The van der Waals surface area contributed by atoms with E-state index in [0.29, 0.717) is 43.1 Å². The van der Waals surface area contributed by atoms with E-state index in [1.54, 1.807) is 29.2 Å². The standard InChI is InChI=1S/C22H24ClNO4/c1-16-3-2-4-20(15-16)27-13-14-28-22(26)18-9-11-24(12-10-18)21(25)17-5-7-19(23)8-6-17/h2-8,15,18H,9-14H2,1H3. The summed E-state index contributed by atoms with van der Waals surface area (Å²) in [4.78, 5) is 26.5. The molecule has 0 N–H and O–H groups in total. The topological polar surface area (TPSA) is 55.8 Å². The first-order valence-electron chi connectivity index (χ1n) is 9.44. The molecule has 0 unspecified atom stereocenters. The van der Waals surface area contributed by atoms with Crippen LogP contribution in [0.15, 0.2) is 48.5 Å². The molecular formula is C22H24ClNO4. The molecule has 0 bridgehead atoms. The number of amides is 1. The summed E-state index contributed by atoms with van der Waals surface area (Å²) in [5.41, 5.74) is 1.73. The molecule has 148 valence electrons. The van der Waals surface area contributed by atoms with E-state index in [-0.39, 0.29) is 24.4 Å². The summed E-state index contributed by atoms with van der Waals surface area (Å²) in [5.74, 6) is 0.347. The van der Waals surface area contributed by atoms with Crippen LogP contribution in [0.4, 0.5) is 0 Å². The summed E-state index contributed by atoms with van der Waals surface area (Å²) in [7, 11) is 0. The fraction of sp³-hybridized carbons (Fsp3) is 0.364. The Morgan fingerprint density at radius 3 is 2.46 bits per heavy atom. The normalized spacial score (nSPS) is 14.6. The number of carbonyl (C=O) groups is 2. The molecule has 3 rings (SSSR count). The predicted octanol–water partition coefficient (Wildman–Crippen LogP) is 4.12. The molecule has 5 nitrogen and oxygen atoms in total. The van der Waals surface area contributed by atoms with E-state index >= 15 is 0 Å². The minimum Gasteiger partial charge on any atom is -0.490 e. The van der Waals surface area contributed by atoms with Crippen LogP contribution in [0.1, 0.15) is 28.8 Å². The molecule has 0 atom stereocenters. The van der Waals surface area contributed by atoms with Gasteiger partial charge in [0.05, 0.1) is 5.92 Å². The molecule has 1 heterocycles. The van der Waals surface area contributed by atoms with Crippen molar-refractivity contribution in [2.45, 2.75) is 19.8 Å². The minimum atomic E-state index is -0.216. The molecule has 1 aliphatic heterocycles. The maximum atomic E-state index is 12.5. The summed E-state index contributed by atoms with van der Waals surface area (Å²) in [5, 5.41) is 0.601. The second-order valence-electron chi connectivity index (χ2n) is 6.91. The Bertz CT molecular complexity index is 814. The first kappa shape index (κ1) is 20.2. The van der Waals surface area contributed by atoms with Crippen LogP contribution in [-0.2, 0) is 9.53 Å². The molecule has 0 radical (unpaired) electrons. The van der Waals surface area contributed by atoms with Gasteiger partial charge in [-0.1, -0.05) is 23.7 Å². The number of piperidine rings is 1. The summed E-state index contributed by atoms with van der Waals surface area (Å²) < 4.78 is 10.9. The van der Waals surface area contributed by atoms with Crippen LogP contribution >= 0.6 is 11.6 Å². The highest BCUT2D eigenvalue weighted by Gasteiger charge is 2.28. The number of nitrogens with zero attached hydrogens (tertiary/aromatic N) is 1. The molecule has 2 aromatic rings. The monoisotopic (exact) mass is 401 g/mol. The van der Waals surface area contributed by atoms with Gasteiger partial charge in [0, 0.05) is 23.7 Å². The third-order valence-corrected chi connectivity index (χ3v) is 5.04. The van der Waals surface area contributed by atoms with Crippen molar-refractivity contribution in [3.63, 3.8) is 0 Å². The number of benzene rings is 2. The largest absolute Gasteiger partial charge is 0.490 e. The van der Waals surface area contributed by atoms with Crippen molar-refractivity contribution in [1.82, 2.24) is 4.90 Å². The lowest BCUT2D eigenvalue weighted by Gasteiger charge is -2.31. The Balaban J connectivity index is 1.38. The van der Waals surface area contributed by atoms with Gasteiger partial charge in [-0.05, 0) is 61.7 Å². The number of hydrogen-bond donors (Lipinski definition) is 0. The molecule has 6 heteroatoms. The van der Waals surface area contributed by atoms with Gasteiger partial charge in [0.2, 0.25) is 0 Å². The first-order valence-corrected chi connectivity index (χ1v) is 9.81. The van der Waals surface area contributed by atoms with Gasteiger partial charge < -0.3 is 14.4 Å². The molecule has 0 saturated carbocycles. The second-order valence-corrected chi connectivity index (χ2v) is 7.34. The van der Waals surface area contributed by atoms with Crippen molar-refractivity contribution in [2.24, 2.45) is 5.92 Å². The van der Waals surface area contributed by atoms with E-state index in [4.69, 9.17) is 21.1 Å². The number of carbonyl (C=O) groups excluding carboxylic acids is 2. The third kappa shape index (κ3) is 5.49. The third-order valence-electron chi connectivity index (χ3n) is 4.79. The number of esters is 1. The number of hydrogen-bond acceptors (Lipinski definition) is 4. The number of ether oxygens (including phenoxy) is 2. The van der Waals surface area contributed by atoms with Crippen molar-refractivity contribution >= 4 is 23.5 Å². The number of halogens is 1. The van der Waals surface area contributed by atoms with E-state index in [2.05, 4.69) is 0 Å². The summed E-state index contributed by atoms with van der Waals surface area (Å²) in [6.45, 7) is 3.62. The second kappa shape index (κ2) is 9.60. The molecule has 0 aliphatic carbocycles. The van der Waals surface area contributed by atoms with Crippen molar-refractivity contribution in [3.8, 4) is 5.75 Å². The van der Waals surface area contributed by atoms with Crippen molar-refractivity contribution in [2.75, 3.05) is 26.3 Å². The Morgan fingerprint density at radius 1 is 1.07 bits per heavy atom. The molecule has 2 aromatic carbocycles. The van der Waals surface area contributed by atoms with Crippen molar-refractivity contribution < 1.29 is 19.1 Å². The van der Waals surface area contributed by atoms with Crippen LogP contribution in [0, 0.1) is 12.8 Å². The van der Waals surface area contributed by atoms with E-state index in [0.717, 1.165) is 11.3 Å². The van der Waals surface area contributed by atoms with Gasteiger partial charge in [0.15, 0.2) is 0 Å². The van der Waals surface area contributed by atoms with Gasteiger partial charge >= 0.3 is 5.97 Å². The van der Waals surface area contributed by atoms with Crippen molar-refractivity contribution in [3.05, 3.63) is 64.7 Å². The lowest BCUT2D eigenvalue weighted by molar-refractivity contribution is -0.150. The van der Waals surface area contributed by atoms with Gasteiger partial charge in [-0.15, -0.1) is 0 Å². The quantitative estimate of drug-likeness (QED) is 0.539. The van der Waals surface area contributed by atoms with Gasteiger partial charge in [0.25, 0.3) is 5.91 Å². The molecule has 1 fully saturated rings. The van der Waals surface area contributed by atoms with Crippen LogP contribution in [0.25, 0.3) is 0 Å². The van der Waals surface area contributed by atoms with Crippen molar-refractivity contribution in [1.29, 1.82) is 0 Å². The lowest BCUT2D eigenvalue weighted by Crippen LogP contribution is -2.40. The Kier molecular flexibility index (Phi) is 6.93. The Labute approximate surface area is 170 Å². The van der Waals surface area contributed by atoms with Crippen LogP contribution in [-0.4, -0.2) is 43.1 Å². The Hall–Kier alpha value is -2.53. The molecular weight excluding hydrogens is 378 g/mol. The van der Waals surface area contributed by atoms with Crippen LogP contribution in [0.3, 0.4) is 0 Å². The van der Waals surface area contributed by atoms with E-state index < -0.39 is 0 Å². The van der Waals surface area contributed by atoms with E-state index in [9.17, 15) is 9.59 Å². The predicted molar refractivity (Wildman–Crippen MR) is 108 cm³/mol. The molecule has 0 spiro atoms. The lowest BCUT2D eigenvalue weighted by atomic mass is 9.96. The number of rotatable bonds is 6. The highest BCUT2D eigenvalue weighted by Crippen LogP contribution is 2.21. The van der Waals surface area contributed by atoms with Gasteiger partial charge in [-0.3, -0.25) is 9.59 Å². The summed E-state index contributed by atoms with van der Waals surface area (Å²) in [6.07, 6.45) is 1.22. The average Bonchev–Trinajstić information content (AvgIpc) is 2.71. The van der Waals surface area contributed by atoms with Gasteiger partial charge in [0.1, 0.15) is 19.0 Å².